The fourth-order valence-corrected chi connectivity index (χ4v) is 3.20. The van der Waals surface area contributed by atoms with E-state index >= 15 is 0 Å². The highest BCUT2D eigenvalue weighted by molar-refractivity contribution is 14.1. The molecule has 0 aliphatic carbocycles. The molecule has 2 aromatic carbocycles. The predicted molar refractivity (Wildman–Crippen MR) is 94.4 cm³/mol. The van der Waals surface area contributed by atoms with Crippen LogP contribution in [-0.2, 0) is 10.0 Å². The predicted octanol–water partition coefficient (Wildman–Crippen LogP) is 2.79. The van der Waals surface area contributed by atoms with E-state index in [0.717, 1.165) is 7.88 Å². The van der Waals surface area contributed by atoms with E-state index in [1.165, 1.54) is 26.2 Å². The number of anilines is 1. The Morgan fingerprint density at radius 2 is 1.73 bits per heavy atom. The van der Waals surface area contributed by atoms with Crippen LogP contribution in [0.3, 0.4) is 0 Å². The topological polar surface area (TPSA) is 66.5 Å². The van der Waals surface area contributed by atoms with Crippen LogP contribution in [0.1, 0.15) is 10.4 Å². The Morgan fingerprint density at radius 1 is 1.09 bits per heavy atom. The van der Waals surface area contributed by atoms with E-state index in [2.05, 4.69) is 27.9 Å². The van der Waals surface area contributed by atoms with Crippen molar-refractivity contribution in [3.63, 3.8) is 0 Å². The molecule has 0 saturated carbocycles. The van der Waals surface area contributed by atoms with Gasteiger partial charge in [-0.2, -0.15) is 0 Å². The summed E-state index contributed by atoms with van der Waals surface area (Å²) in [5.74, 6) is -0.235. The monoisotopic (exact) mass is 430 g/mol. The molecule has 0 aliphatic heterocycles. The van der Waals surface area contributed by atoms with Gasteiger partial charge < -0.3 is 5.32 Å². The minimum absolute atomic E-state index is 0.185. The van der Waals surface area contributed by atoms with Gasteiger partial charge in [-0.3, -0.25) is 4.79 Å². The number of carbonyl (C=O) groups excluding carboxylic acids is 1. The Hall–Kier alpha value is -1.45. The Bertz CT molecular complexity index is 787. The highest BCUT2D eigenvalue weighted by Gasteiger charge is 2.16. The minimum Gasteiger partial charge on any atom is -0.322 e. The maximum absolute atomic E-state index is 12.1. The first-order valence-electron chi connectivity index (χ1n) is 6.40. The van der Waals surface area contributed by atoms with Crippen molar-refractivity contribution in [2.45, 2.75) is 4.90 Å². The molecule has 0 saturated heterocycles. The number of benzene rings is 2. The van der Waals surface area contributed by atoms with Gasteiger partial charge in [0.15, 0.2) is 0 Å². The van der Waals surface area contributed by atoms with Gasteiger partial charge in [0, 0.05) is 28.9 Å². The second-order valence-corrected chi connectivity index (χ2v) is 8.17. The second-order valence-electron chi connectivity index (χ2n) is 4.78. The largest absolute Gasteiger partial charge is 0.322 e. The number of carbonyl (C=O) groups is 1. The first-order chi connectivity index (χ1) is 10.3. The minimum atomic E-state index is -3.46. The molecule has 0 aromatic heterocycles. The van der Waals surface area contributed by atoms with Gasteiger partial charge in [0.05, 0.1) is 4.90 Å². The fourth-order valence-electron chi connectivity index (χ4n) is 1.75. The molecular weight excluding hydrogens is 415 g/mol. The summed E-state index contributed by atoms with van der Waals surface area (Å²) >= 11 is 2.14. The first kappa shape index (κ1) is 16.9. The summed E-state index contributed by atoms with van der Waals surface area (Å²) in [5, 5.41) is 2.74. The SMILES string of the molecule is CN(C)S(=O)(=O)c1ccc(NC(=O)c2cccc(I)c2)cc1. The zero-order valence-electron chi connectivity index (χ0n) is 12.1. The van der Waals surface area contributed by atoms with Crippen LogP contribution >= 0.6 is 22.6 Å². The van der Waals surface area contributed by atoms with Gasteiger partial charge in [-0.25, -0.2) is 12.7 Å². The molecule has 2 rings (SSSR count). The third-order valence-corrected chi connectivity index (χ3v) is 5.48. The number of nitrogens with zero attached hydrogens (tertiary/aromatic N) is 1. The molecule has 0 aliphatic rings. The van der Waals surface area contributed by atoms with Crippen molar-refractivity contribution in [3.05, 3.63) is 57.7 Å². The van der Waals surface area contributed by atoms with E-state index in [4.69, 9.17) is 0 Å². The lowest BCUT2D eigenvalue weighted by Crippen LogP contribution is -2.22. The van der Waals surface area contributed by atoms with Gasteiger partial charge in [-0.05, 0) is 65.1 Å². The Kier molecular flexibility index (Phi) is 5.20. The van der Waals surface area contributed by atoms with Gasteiger partial charge >= 0.3 is 0 Å². The molecule has 0 bridgehead atoms. The lowest BCUT2D eigenvalue weighted by molar-refractivity contribution is 0.102. The normalized spacial score (nSPS) is 11.5. The van der Waals surface area contributed by atoms with Crippen LogP contribution in [0.4, 0.5) is 5.69 Å². The average Bonchev–Trinajstić information content (AvgIpc) is 2.47. The molecule has 116 valence electrons. The maximum atomic E-state index is 12.1. The number of rotatable bonds is 4. The van der Waals surface area contributed by atoms with E-state index in [-0.39, 0.29) is 10.8 Å². The zero-order valence-corrected chi connectivity index (χ0v) is 15.1. The summed E-state index contributed by atoms with van der Waals surface area (Å²) in [6.45, 7) is 0. The maximum Gasteiger partial charge on any atom is 0.255 e. The van der Waals surface area contributed by atoms with Crippen LogP contribution in [0.25, 0.3) is 0 Å². The van der Waals surface area contributed by atoms with E-state index in [1.807, 2.05) is 12.1 Å². The Balaban J connectivity index is 2.17. The molecule has 2 aromatic rings. The number of hydrogen-bond acceptors (Lipinski definition) is 3. The first-order valence-corrected chi connectivity index (χ1v) is 8.92. The van der Waals surface area contributed by atoms with Crippen LogP contribution in [-0.4, -0.2) is 32.7 Å². The van der Waals surface area contributed by atoms with Gasteiger partial charge in [0.25, 0.3) is 5.91 Å². The number of halogens is 1. The smallest absolute Gasteiger partial charge is 0.255 e. The van der Waals surface area contributed by atoms with Crippen LogP contribution in [0.15, 0.2) is 53.4 Å². The number of amides is 1. The molecule has 1 N–H and O–H groups in total. The second kappa shape index (κ2) is 6.76. The molecule has 5 nitrogen and oxygen atoms in total. The van der Waals surface area contributed by atoms with Gasteiger partial charge in [0.2, 0.25) is 10.0 Å². The fraction of sp³-hybridized carbons (Fsp3) is 0.133. The summed E-state index contributed by atoms with van der Waals surface area (Å²) in [7, 11) is -0.512. The Labute approximate surface area is 143 Å². The molecule has 0 spiro atoms. The summed E-state index contributed by atoms with van der Waals surface area (Å²) in [6, 6.07) is 13.3. The van der Waals surface area contributed by atoms with E-state index < -0.39 is 10.0 Å². The van der Waals surface area contributed by atoms with Crippen LogP contribution in [0, 0.1) is 3.57 Å². The molecule has 1 amide bonds. The van der Waals surface area contributed by atoms with Crippen molar-refractivity contribution in [1.29, 1.82) is 0 Å². The standard InChI is InChI=1S/C15H15IN2O3S/c1-18(2)22(20,21)14-8-6-13(7-9-14)17-15(19)11-4-3-5-12(16)10-11/h3-10H,1-2H3,(H,17,19). The van der Waals surface area contributed by atoms with Crippen molar-refractivity contribution >= 4 is 44.2 Å². The molecule has 22 heavy (non-hydrogen) atoms. The lowest BCUT2D eigenvalue weighted by Gasteiger charge is -2.12. The summed E-state index contributed by atoms with van der Waals surface area (Å²) in [4.78, 5) is 12.3. The summed E-state index contributed by atoms with van der Waals surface area (Å²) in [6.07, 6.45) is 0. The van der Waals surface area contributed by atoms with E-state index in [9.17, 15) is 13.2 Å². The van der Waals surface area contributed by atoms with Crippen molar-refractivity contribution in [2.24, 2.45) is 0 Å². The molecule has 0 heterocycles. The summed E-state index contributed by atoms with van der Waals surface area (Å²) < 4.78 is 26.0. The highest BCUT2D eigenvalue weighted by atomic mass is 127. The average molecular weight is 430 g/mol. The lowest BCUT2D eigenvalue weighted by atomic mass is 10.2. The molecule has 0 atom stereocenters. The van der Waals surface area contributed by atoms with Crippen LogP contribution in [0.5, 0.6) is 0 Å². The number of hydrogen-bond donors (Lipinski definition) is 1. The highest BCUT2D eigenvalue weighted by Crippen LogP contribution is 2.17. The van der Waals surface area contributed by atoms with Crippen molar-refractivity contribution in [1.82, 2.24) is 4.31 Å². The Morgan fingerprint density at radius 3 is 2.27 bits per heavy atom. The third kappa shape index (κ3) is 3.84. The van der Waals surface area contributed by atoms with Gasteiger partial charge in [0.1, 0.15) is 0 Å². The van der Waals surface area contributed by atoms with Gasteiger partial charge in [-0.15, -0.1) is 0 Å². The molecule has 0 fully saturated rings. The zero-order chi connectivity index (χ0) is 16.3. The quantitative estimate of drug-likeness (QED) is 0.759. The van der Waals surface area contributed by atoms with Crippen molar-refractivity contribution in [2.75, 3.05) is 19.4 Å². The van der Waals surface area contributed by atoms with Crippen LogP contribution < -0.4 is 5.32 Å². The molecular formula is C15H15IN2O3S. The van der Waals surface area contributed by atoms with E-state index in [1.54, 1.807) is 24.3 Å². The molecule has 0 unspecified atom stereocenters. The molecule has 7 heteroatoms. The van der Waals surface area contributed by atoms with Crippen LogP contribution in [0.2, 0.25) is 0 Å². The number of nitrogens with one attached hydrogen (secondary N) is 1. The van der Waals surface area contributed by atoms with Crippen molar-refractivity contribution < 1.29 is 13.2 Å². The van der Waals surface area contributed by atoms with Gasteiger partial charge in [-0.1, -0.05) is 6.07 Å². The van der Waals surface area contributed by atoms with E-state index in [0.29, 0.717) is 11.3 Å². The van der Waals surface area contributed by atoms with Crippen molar-refractivity contribution in [3.8, 4) is 0 Å². The number of sulfonamides is 1. The summed E-state index contributed by atoms with van der Waals surface area (Å²) in [5.41, 5.74) is 1.10. The third-order valence-electron chi connectivity index (χ3n) is 2.98. The molecule has 0 radical (unpaired) electrons.